The molecule has 4 aliphatic rings. The number of anilines is 2. The summed E-state index contributed by atoms with van der Waals surface area (Å²) in [6.45, 7) is 4.37. The lowest BCUT2D eigenvalue weighted by Gasteiger charge is -2.18. The molecule has 0 radical (unpaired) electrons. The summed E-state index contributed by atoms with van der Waals surface area (Å²) in [7, 11) is 0. The number of aliphatic carboxylic acids is 1. The first-order valence-electron chi connectivity index (χ1n) is 12.7. The van der Waals surface area contributed by atoms with Gasteiger partial charge in [-0.05, 0) is 37.2 Å². The molecule has 35 heavy (non-hydrogen) atoms. The van der Waals surface area contributed by atoms with Crippen LogP contribution in [0.5, 0.6) is 0 Å². The van der Waals surface area contributed by atoms with Crippen molar-refractivity contribution in [1.29, 1.82) is 0 Å². The topological polar surface area (TPSA) is 82.5 Å². The zero-order valence-corrected chi connectivity index (χ0v) is 21.2. The number of carbonyl (C=O) groups is 2. The van der Waals surface area contributed by atoms with Crippen molar-refractivity contribution in [2.45, 2.75) is 45.4 Å². The number of nitrogens with one attached hydrogen (secondary N) is 1. The normalized spacial score (nSPS) is 25.9. The van der Waals surface area contributed by atoms with E-state index in [9.17, 15) is 9.59 Å². The van der Waals surface area contributed by atoms with E-state index >= 15 is 0 Å². The van der Waals surface area contributed by atoms with Crippen LogP contribution >= 0.6 is 11.3 Å². The third kappa shape index (κ3) is 6.40. The zero-order chi connectivity index (χ0) is 24.6. The van der Waals surface area contributed by atoms with Crippen molar-refractivity contribution in [3.63, 3.8) is 0 Å². The van der Waals surface area contributed by atoms with Gasteiger partial charge in [0, 0.05) is 25.6 Å². The number of allylic oxidation sites excluding steroid dienone is 10. The van der Waals surface area contributed by atoms with Gasteiger partial charge in [0.1, 0.15) is 16.6 Å². The number of ketones is 1. The van der Waals surface area contributed by atoms with Crippen LogP contribution in [0.1, 0.15) is 55.9 Å². The number of rotatable bonds is 3. The third-order valence-corrected chi connectivity index (χ3v) is 7.89. The fraction of sp³-hybridized carbons (Fsp3) is 0.464. The minimum Gasteiger partial charge on any atom is -0.481 e. The molecular formula is C28H35N3O3S. The highest BCUT2D eigenvalue weighted by Gasteiger charge is 2.36. The lowest BCUT2D eigenvalue weighted by molar-refractivity contribution is -0.139. The maximum absolute atomic E-state index is 12.1. The number of carbonyl (C=O) groups excluding carboxylic acids is 1. The van der Waals surface area contributed by atoms with Crippen molar-refractivity contribution in [3.05, 3.63) is 66.0 Å². The quantitative estimate of drug-likeness (QED) is 0.395. The van der Waals surface area contributed by atoms with Gasteiger partial charge >= 0.3 is 5.97 Å². The van der Waals surface area contributed by atoms with E-state index in [2.05, 4.69) is 76.8 Å². The molecule has 0 bridgehead atoms. The number of hydrogen-bond donors (Lipinski definition) is 2. The van der Waals surface area contributed by atoms with Crippen molar-refractivity contribution in [1.82, 2.24) is 4.98 Å². The van der Waals surface area contributed by atoms with Crippen LogP contribution in [0.3, 0.4) is 0 Å². The van der Waals surface area contributed by atoms with Gasteiger partial charge in [0.05, 0.1) is 0 Å². The summed E-state index contributed by atoms with van der Waals surface area (Å²) >= 11 is 1.46. The Labute approximate surface area is 211 Å². The van der Waals surface area contributed by atoms with Gasteiger partial charge in [-0.2, -0.15) is 0 Å². The Morgan fingerprint density at radius 2 is 1.83 bits per heavy atom. The zero-order valence-electron chi connectivity index (χ0n) is 20.4. The summed E-state index contributed by atoms with van der Waals surface area (Å²) in [5, 5.41) is 13.6. The molecule has 1 aromatic rings. The van der Waals surface area contributed by atoms with E-state index in [1.165, 1.54) is 29.8 Å². The summed E-state index contributed by atoms with van der Waals surface area (Å²) in [6.07, 6.45) is 27.2. The first-order valence-corrected chi connectivity index (χ1v) is 13.5. The lowest BCUT2D eigenvalue weighted by atomic mass is 9.86. The second-order valence-electron chi connectivity index (χ2n) is 9.42. The minimum absolute atomic E-state index is 0.156. The number of carboxylic acids is 1. The van der Waals surface area contributed by atoms with Crippen LogP contribution < -0.4 is 10.2 Å². The van der Waals surface area contributed by atoms with Crippen molar-refractivity contribution < 1.29 is 14.7 Å². The molecular weight excluding hydrogens is 458 g/mol. The Morgan fingerprint density at radius 3 is 2.60 bits per heavy atom. The van der Waals surface area contributed by atoms with E-state index in [0.717, 1.165) is 43.9 Å². The van der Waals surface area contributed by atoms with E-state index in [1.807, 2.05) is 0 Å². The molecule has 2 aliphatic carbocycles. The molecule has 2 aliphatic heterocycles. The summed E-state index contributed by atoms with van der Waals surface area (Å²) in [5.74, 6) is -1.32. The largest absolute Gasteiger partial charge is 0.481 e. The van der Waals surface area contributed by atoms with E-state index in [0.29, 0.717) is 22.5 Å². The van der Waals surface area contributed by atoms with Gasteiger partial charge in [0.25, 0.3) is 0 Å². The summed E-state index contributed by atoms with van der Waals surface area (Å²) < 4.78 is 0. The van der Waals surface area contributed by atoms with Crippen LogP contribution in [0.4, 0.5) is 10.1 Å². The molecule has 0 spiro atoms. The van der Waals surface area contributed by atoms with E-state index < -0.39 is 11.9 Å². The van der Waals surface area contributed by atoms with E-state index in [-0.39, 0.29) is 12.3 Å². The van der Waals surface area contributed by atoms with Crippen molar-refractivity contribution in [2.75, 3.05) is 29.9 Å². The molecule has 1 saturated heterocycles. The summed E-state index contributed by atoms with van der Waals surface area (Å²) in [4.78, 5) is 29.8. The number of fused-ring (bicyclic) bond motifs is 1. The van der Waals surface area contributed by atoms with Gasteiger partial charge in [-0.3, -0.25) is 9.59 Å². The lowest BCUT2D eigenvalue weighted by Crippen LogP contribution is -2.35. The number of thiazole rings is 1. The fourth-order valence-electron chi connectivity index (χ4n) is 4.77. The molecule has 6 nitrogen and oxygen atoms in total. The molecule has 1 aromatic heterocycles. The number of aromatic nitrogens is 1. The Balaban J connectivity index is 0.000000172. The monoisotopic (exact) mass is 493 g/mol. The van der Waals surface area contributed by atoms with Gasteiger partial charge in [-0.1, -0.05) is 85.8 Å². The standard InChI is InChI=1S/C15H18.C13H17N3O3S/c1-13-9-5-4-8-12-15(13)14-10-6-2-3-7-11-14;17-10-8(12(18)19)7-14-11-9(10)15-13(20-11)16-5-3-1-2-4-6-16/h2,5-13,15H,3-4H2,1H3;8,14H,1-7H2,(H,18,19). The molecule has 3 unspecified atom stereocenters. The number of Topliss-reactive ketones (excluding diaryl/α,β-unsaturated/α-hetero) is 1. The second-order valence-corrected chi connectivity index (χ2v) is 10.4. The number of nitrogens with zero attached hydrogens (tertiary/aromatic N) is 2. The highest BCUT2D eigenvalue weighted by atomic mass is 32.1. The van der Waals surface area contributed by atoms with Crippen LogP contribution in [-0.4, -0.2) is 41.5 Å². The molecule has 7 heteroatoms. The highest BCUT2D eigenvalue weighted by Crippen LogP contribution is 2.36. The minimum atomic E-state index is -1.09. The van der Waals surface area contributed by atoms with Crippen LogP contribution in [-0.2, 0) is 4.79 Å². The van der Waals surface area contributed by atoms with Crippen LogP contribution in [0.25, 0.3) is 0 Å². The number of hydrogen-bond acceptors (Lipinski definition) is 6. The van der Waals surface area contributed by atoms with Crippen molar-refractivity contribution >= 4 is 33.2 Å². The maximum Gasteiger partial charge on any atom is 0.316 e. The van der Waals surface area contributed by atoms with Crippen LogP contribution in [0, 0.1) is 17.8 Å². The smallest absolute Gasteiger partial charge is 0.316 e. The number of carboxylic acid groups (broad SMARTS) is 1. The second kappa shape index (κ2) is 12.2. The van der Waals surface area contributed by atoms with Gasteiger partial charge in [-0.25, -0.2) is 4.98 Å². The molecule has 1 fully saturated rings. The van der Waals surface area contributed by atoms with Gasteiger partial charge in [-0.15, -0.1) is 0 Å². The Morgan fingerprint density at radius 1 is 1.09 bits per heavy atom. The maximum atomic E-state index is 12.1. The average Bonchev–Trinajstić information content (AvgIpc) is 3.10. The highest BCUT2D eigenvalue weighted by molar-refractivity contribution is 7.20. The first kappa shape index (κ1) is 25.2. The molecule has 3 heterocycles. The molecule has 0 amide bonds. The third-order valence-electron chi connectivity index (χ3n) is 6.82. The SMILES string of the molecule is CC1C=CCC=CC1C1=CC=CCC=C1.O=C(O)C1CNc2sc(N3CCCCCC3)nc2C1=O. The summed E-state index contributed by atoms with van der Waals surface area (Å²) in [6, 6.07) is 0. The molecule has 0 saturated carbocycles. The van der Waals surface area contributed by atoms with Gasteiger partial charge < -0.3 is 15.3 Å². The predicted octanol–water partition coefficient (Wildman–Crippen LogP) is 6.03. The molecule has 3 atom stereocenters. The van der Waals surface area contributed by atoms with Crippen molar-refractivity contribution in [3.8, 4) is 0 Å². The Kier molecular flexibility index (Phi) is 8.74. The van der Waals surface area contributed by atoms with Crippen molar-refractivity contribution in [2.24, 2.45) is 17.8 Å². The predicted molar refractivity (Wildman–Crippen MR) is 143 cm³/mol. The Bertz CT molecular complexity index is 1060. The Hall–Kier alpha value is -2.93. The van der Waals surface area contributed by atoms with E-state index in [1.54, 1.807) is 0 Å². The molecule has 0 aromatic carbocycles. The molecule has 5 rings (SSSR count). The van der Waals surface area contributed by atoms with Crippen LogP contribution in [0.2, 0.25) is 0 Å². The van der Waals surface area contributed by atoms with Crippen LogP contribution in [0.15, 0.2) is 60.3 Å². The van der Waals surface area contributed by atoms with E-state index in [4.69, 9.17) is 5.11 Å². The molecule has 2 N–H and O–H groups in total. The van der Waals surface area contributed by atoms with Gasteiger partial charge in [0.15, 0.2) is 10.9 Å². The van der Waals surface area contributed by atoms with Gasteiger partial charge in [0.2, 0.25) is 0 Å². The molecule has 186 valence electrons. The fourth-order valence-corrected chi connectivity index (χ4v) is 5.80. The first-order chi connectivity index (χ1) is 17.0. The average molecular weight is 494 g/mol. The summed E-state index contributed by atoms with van der Waals surface area (Å²) in [5.41, 5.74) is 1.73.